The van der Waals surface area contributed by atoms with Crippen LogP contribution in [-0.2, 0) is 23.1 Å². The molecule has 2 rings (SSSR count). The quantitative estimate of drug-likeness (QED) is 0.562. The Hall–Kier alpha value is -0.380. The summed E-state index contributed by atoms with van der Waals surface area (Å²) in [5.41, 5.74) is 0. The summed E-state index contributed by atoms with van der Waals surface area (Å²) in [6.45, 7) is 4.42. The second-order valence-corrected chi connectivity index (χ2v) is 6.75. The fourth-order valence-electron chi connectivity index (χ4n) is 2.93. The van der Waals surface area contributed by atoms with Crippen molar-refractivity contribution in [1.29, 1.82) is 0 Å². The molecule has 2 fully saturated rings. The molecule has 0 aromatic carbocycles. The lowest BCUT2D eigenvalue weighted by atomic mass is 9.99. The summed E-state index contributed by atoms with van der Waals surface area (Å²) in [7, 11) is -3.42. The van der Waals surface area contributed by atoms with Crippen LogP contribution < -0.4 is 0 Å². The summed E-state index contributed by atoms with van der Waals surface area (Å²) in [6.07, 6.45) is 2.29. The Labute approximate surface area is 101 Å². The zero-order valence-electron chi connectivity index (χ0n) is 10.3. The zero-order chi connectivity index (χ0) is 12.5. The van der Waals surface area contributed by atoms with Gasteiger partial charge in [0, 0.05) is 5.92 Å². The molecule has 5 nitrogen and oxygen atoms in total. The fourth-order valence-corrected chi connectivity index (χ4v) is 5.52. The summed E-state index contributed by atoms with van der Waals surface area (Å²) < 4.78 is 28.7. The first-order chi connectivity index (χ1) is 8.10. The number of esters is 1. The molecule has 1 saturated carbocycles. The van der Waals surface area contributed by atoms with Gasteiger partial charge >= 0.3 is 13.6 Å². The Morgan fingerprint density at radius 2 is 2.06 bits per heavy atom. The molecule has 1 aliphatic carbocycles. The number of fused-ring (bicyclic) bond motifs is 1. The van der Waals surface area contributed by atoms with Gasteiger partial charge in [-0.15, -0.1) is 0 Å². The summed E-state index contributed by atoms with van der Waals surface area (Å²) in [5, 5.41) is -1.03. The van der Waals surface area contributed by atoms with Crippen LogP contribution in [-0.4, -0.2) is 30.9 Å². The van der Waals surface area contributed by atoms with Crippen molar-refractivity contribution in [2.24, 2.45) is 5.92 Å². The smallest absolute Gasteiger partial charge is 0.348 e. The van der Waals surface area contributed by atoms with Crippen molar-refractivity contribution in [3.63, 3.8) is 0 Å². The van der Waals surface area contributed by atoms with Crippen molar-refractivity contribution in [1.82, 2.24) is 0 Å². The average Bonchev–Trinajstić information content (AvgIpc) is 2.82. The van der Waals surface area contributed by atoms with E-state index in [0.717, 1.165) is 12.8 Å². The van der Waals surface area contributed by atoms with Crippen LogP contribution in [0.1, 0.15) is 33.1 Å². The third kappa shape index (κ3) is 1.76. The van der Waals surface area contributed by atoms with Gasteiger partial charge in [0.25, 0.3) is 0 Å². The van der Waals surface area contributed by atoms with Crippen LogP contribution in [0.2, 0.25) is 0 Å². The van der Waals surface area contributed by atoms with Crippen molar-refractivity contribution in [2.75, 3.05) is 19.8 Å². The SMILES string of the molecule is CCOP(=O)(OCC)[C@]12CCC[C@H]1COC2=O. The predicted molar refractivity (Wildman–Crippen MR) is 61.9 cm³/mol. The highest BCUT2D eigenvalue weighted by atomic mass is 31.2. The minimum Gasteiger partial charge on any atom is -0.464 e. The van der Waals surface area contributed by atoms with Crippen LogP contribution in [0.5, 0.6) is 0 Å². The van der Waals surface area contributed by atoms with E-state index in [2.05, 4.69) is 0 Å². The van der Waals surface area contributed by atoms with Crippen LogP contribution in [0, 0.1) is 5.92 Å². The molecular weight excluding hydrogens is 243 g/mol. The molecule has 0 aromatic rings. The Kier molecular flexibility index (Phi) is 3.62. The molecule has 0 aromatic heterocycles. The number of ether oxygens (including phenoxy) is 1. The van der Waals surface area contributed by atoms with Gasteiger partial charge in [-0.2, -0.15) is 0 Å². The first-order valence-electron chi connectivity index (χ1n) is 6.17. The van der Waals surface area contributed by atoms with Gasteiger partial charge in [-0.1, -0.05) is 6.42 Å². The molecule has 1 heterocycles. The molecule has 6 heteroatoms. The lowest BCUT2D eigenvalue weighted by Crippen LogP contribution is -2.38. The lowest BCUT2D eigenvalue weighted by Gasteiger charge is -2.32. The molecule has 1 aliphatic heterocycles. The van der Waals surface area contributed by atoms with Crippen molar-refractivity contribution in [3.05, 3.63) is 0 Å². The van der Waals surface area contributed by atoms with Gasteiger partial charge in [0.05, 0.1) is 19.8 Å². The van der Waals surface area contributed by atoms with Crippen LogP contribution in [0.4, 0.5) is 0 Å². The first-order valence-corrected chi connectivity index (χ1v) is 7.71. The topological polar surface area (TPSA) is 61.8 Å². The predicted octanol–water partition coefficient (Wildman–Crippen LogP) is 2.35. The first kappa shape index (κ1) is 13.1. The van der Waals surface area contributed by atoms with Crippen molar-refractivity contribution >= 4 is 13.6 Å². The highest BCUT2D eigenvalue weighted by Gasteiger charge is 2.67. The highest BCUT2D eigenvalue weighted by Crippen LogP contribution is 2.69. The van der Waals surface area contributed by atoms with Gasteiger partial charge in [-0.25, -0.2) is 0 Å². The van der Waals surface area contributed by atoms with Crippen molar-refractivity contribution in [3.8, 4) is 0 Å². The molecular formula is C11H19O5P. The fraction of sp³-hybridized carbons (Fsp3) is 0.909. The Morgan fingerprint density at radius 1 is 1.41 bits per heavy atom. The molecule has 0 spiro atoms. The van der Waals surface area contributed by atoms with Crippen LogP contribution in [0.3, 0.4) is 0 Å². The summed E-state index contributed by atoms with van der Waals surface area (Å²) in [6, 6.07) is 0. The standard InChI is InChI=1S/C11H19O5P/c1-3-15-17(13,16-4-2)11-7-5-6-9(11)8-14-10(11)12/h9H,3-8H2,1-2H3/t9-,11+/m0/s1. The van der Waals surface area contributed by atoms with Crippen molar-refractivity contribution < 1.29 is 23.1 Å². The van der Waals surface area contributed by atoms with E-state index in [0.29, 0.717) is 13.0 Å². The maximum Gasteiger partial charge on any atom is 0.348 e. The Morgan fingerprint density at radius 3 is 2.65 bits per heavy atom. The van der Waals surface area contributed by atoms with Crippen LogP contribution in [0.15, 0.2) is 0 Å². The molecule has 0 radical (unpaired) electrons. The minimum absolute atomic E-state index is 0.0149. The zero-order valence-corrected chi connectivity index (χ0v) is 11.2. The summed E-state index contributed by atoms with van der Waals surface area (Å²) in [5.74, 6) is -0.413. The molecule has 1 saturated heterocycles. The Bertz CT molecular complexity index is 346. The van der Waals surface area contributed by atoms with E-state index in [1.165, 1.54) is 0 Å². The van der Waals surface area contributed by atoms with Gasteiger partial charge < -0.3 is 13.8 Å². The molecule has 2 atom stereocenters. The molecule has 17 heavy (non-hydrogen) atoms. The van der Waals surface area contributed by atoms with Crippen LogP contribution in [0.25, 0.3) is 0 Å². The Balaban J connectivity index is 2.39. The van der Waals surface area contributed by atoms with E-state index in [9.17, 15) is 9.36 Å². The highest BCUT2D eigenvalue weighted by molar-refractivity contribution is 7.56. The third-order valence-corrected chi connectivity index (χ3v) is 6.59. The van der Waals surface area contributed by atoms with E-state index in [1.807, 2.05) is 0 Å². The number of hydrogen-bond acceptors (Lipinski definition) is 5. The lowest BCUT2D eigenvalue weighted by molar-refractivity contribution is -0.140. The van der Waals surface area contributed by atoms with Gasteiger partial charge in [0.2, 0.25) is 0 Å². The monoisotopic (exact) mass is 262 g/mol. The van der Waals surface area contributed by atoms with Gasteiger partial charge in [0.15, 0.2) is 5.16 Å². The van der Waals surface area contributed by atoms with E-state index >= 15 is 0 Å². The molecule has 0 unspecified atom stereocenters. The second kappa shape index (κ2) is 4.71. The average molecular weight is 262 g/mol. The number of rotatable bonds is 5. The molecule has 0 N–H and O–H groups in total. The summed E-state index contributed by atoms with van der Waals surface area (Å²) >= 11 is 0. The second-order valence-electron chi connectivity index (χ2n) is 4.44. The minimum atomic E-state index is -3.42. The van der Waals surface area contributed by atoms with E-state index in [-0.39, 0.29) is 19.1 Å². The maximum absolute atomic E-state index is 12.9. The number of hydrogen-bond donors (Lipinski definition) is 0. The molecule has 98 valence electrons. The number of cyclic esters (lactones) is 1. The maximum atomic E-state index is 12.9. The van der Waals surface area contributed by atoms with E-state index < -0.39 is 18.7 Å². The largest absolute Gasteiger partial charge is 0.464 e. The van der Waals surface area contributed by atoms with Crippen molar-refractivity contribution in [2.45, 2.75) is 38.3 Å². The third-order valence-electron chi connectivity index (χ3n) is 3.64. The normalized spacial score (nSPS) is 32.6. The van der Waals surface area contributed by atoms with E-state index in [4.69, 9.17) is 13.8 Å². The van der Waals surface area contributed by atoms with Gasteiger partial charge in [-0.05, 0) is 26.7 Å². The number of carbonyl (C=O) groups is 1. The van der Waals surface area contributed by atoms with Gasteiger partial charge in [0.1, 0.15) is 0 Å². The number of carbonyl (C=O) groups excluding carboxylic acids is 1. The molecule has 0 amide bonds. The summed E-state index contributed by atoms with van der Waals surface area (Å²) in [4.78, 5) is 12.0. The van der Waals surface area contributed by atoms with E-state index in [1.54, 1.807) is 13.8 Å². The van der Waals surface area contributed by atoms with Gasteiger partial charge in [-0.3, -0.25) is 9.36 Å². The van der Waals surface area contributed by atoms with Crippen LogP contribution >= 0.6 is 7.60 Å². The molecule has 2 aliphatic rings. The molecule has 0 bridgehead atoms.